The van der Waals surface area contributed by atoms with Crippen molar-refractivity contribution >= 4 is 12.4 Å². The molecule has 0 saturated carbocycles. The van der Waals surface area contributed by atoms with E-state index < -0.39 is 0 Å². The molecule has 3 nitrogen and oxygen atoms in total. The third kappa shape index (κ3) is 2.33. The highest BCUT2D eigenvalue weighted by atomic mass is 35.5. The van der Waals surface area contributed by atoms with Crippen molar-refractivity contribution in [3.8, 4) is 6.07 Å². The van der Waals surface area contributed by atoms with E-state index in [9.17, 15) is 0 Å². The van der Waals surface area contributed by atoms with Crippen LogP contribution in [0.25, 0.3) is 0 Å². The molecule has 1 atom stereocenters. The maximum atomic E-state index is 8.78. The van der Waals surface area contributed by atoms with Gasteiger partial charge < -0.3 is 10.1 Å². The fourth-order valence-electron chi connectivity index (χ4n) is 1.27. The molecule has 0 aromatic carbocycles. The minimum Gasteiger partial charge on any atom is -0.383 e. The third-order valence-electron chi connectivity index (χ3n) is 1.90. The van der Waals surface area contributed by atoms with Gasteiger partial charge in [-0.3, -0.25) is 0 Å². The van der Waals surface area contributed by atoms with Gasteiger partial charge in [0.2, 0.25) is 0 Å². The number of nitrogens with one attached hydrogen (secondary N) is 1. The average molecular weight is 177 g/mol. The van der Waals surface area contributed by atoms with E-state index in [4.69, 9.17) is 10.00 Å². The Morgan fingerprint density at radius 2 is 2.45 bits per heavy atom. The first-order chi connectivity index (χ1) is 4.83. The highest BCUT2D eigenvalue weighted by molar-refractivity contribution is 5.85. The zero-order valence-electron chi connectivity index (χ0n) is 6.59. The molecular formula is C7H13ClN2O. The molecule has 0 aliphatic carbocycles. The van der Waals surface area contributed by atoms with Gasteiger partial charge in [0.05, 0.1) is 18.1 Å². The number of ether oxygens (including phenoxy) is 1. The Kier molecular flexibility index (Phi) is 4.43. The molecule has 0 aromatic heterocycles. The van der Waals surface area contributed by atoms with Crippen molar-refractivity contribution in [3.63, 3.8) is 0 Å². The summed E-state index contributed by atoms with van der Waals surface area (Å²) in [5.74, 6) is 0. The topological polar surface area (TPSA) is 45.0 Å². The van der Waals surface area contributed by atoms with Crippen LogP contribution < -0.4 is 5.32 Å². The summed E-state index contributed by atoms with van der Waals surface area (Å²) in [6, 6.07) is 2.29. The molecule has 1 aliphatic rings. The van der Waals surface area contributed by atoms with Crippen molar-refractivity contribution in [1.29, 1.82) is 5.26 Å². The zero-order chi connectivity index (χ0) is 7.45. The Morgan fingerprint density at radius 1 is 1.73 bits per heavy atom. The summed E-state index contributed by atoms with van der Waals surface area (Å²) >= 11 is 0. The minimum absolute atomic E-state index is 0. The summed E-state index contributed by atoms with van der Waals surface area (Å²) in [5.41, 5.74) is -0.241. The molecular weight excluding hydrogens is 164 g/mol. The minimum atomic E-state index is -0.241. The standard InChI is InChI=1S/C7H12N2O.ClH/c1-10-6-7(4-8)2-3-9-5-7;/h9H,2-3,5-6H2,1H3;1H. The first-order valence-corrected chi connectivity index (χ1v) is 3.44. The molecule has 4 heteroatoms. The molecule has 11 heavy (non-hydrogen) atoms. The maximum absolute atomic E-state index is 8.78. The molecule has 0 spiro atoms. The van der Waals surface area contributed by atoms with Crippen molar-refractivity contribution in [3.05, 3.63) is 0 Å². The lowest BCUT2D eigenvalue weighted by atomic mass is 9.90. The molecule has 64 valence electrons. The van der Waals surface area contributed by atoms with E-state index in [0.29, 0.717) is 6.61 Å². The molecule has 0 aromatic rings. The van der Waals surface area contributed by atoms with Crippen molar-refractivity contribution in [2.45, 2.75) is 6.42 Å². The molecule has 0 bridgehead atoms. The van der Waals surface area contributed by atoms with Gasteiger partial charge in [-0.1, -0.05) is 0 Å². The number of hydrogen-bond acceptors (Lipinski definition) is 3. The van der Waals surface area contributed by atoms with Gasteiger partial charge in [-0.15, -0.1) is 12.4 Å². The predicted molar refractivity (Wildman–Crippen MR) is 44.7 cm³/mol. The Balaban J connectivity index is 0.000001000. The largest absolute Gasteiger partial charge is 0.383 e. The fourth-order valence-corrected chi connectivity index (χ4v) is 1.27. The summed E-state index contributed by atoms with van der Waals surface area (Å²) < 4.78 is 4.96. The van der Waals surface area contributed by atoms with E-state index >= 15 is 0 Å². The first kappa shape index (κ1) is 10.7. The van der Waals surface area contributed by atoms with Crippen LogP contribution in [0.1, 0.15) is 6.42 Å². The Bertz CT molecular complexity index is 149. The molecule has 1 heterocycles. The van der Waals surface area contributed by atoms with Crippen LogP contribution >= 0.6 is 12.4 Å². The van der Waals surface area contributed by atoms with E-state index in [-0.39, 0.29) is 17.8 Å². The van der Waals surface area contributed by atoms with Crippen molar-refractivity contribution in [2.24, 2.45) is 5.41 Å². The Hall–Kier alpha value is -0.300. The smallest absolute Gasteiger partial charge is 0.0942 e. The summed E-state index contributed by atoms with van der Waals surface area (Å²) in [7, 11) is 1.64. The van der Waals surface area contributed by atoms with Crippen molar-refractivity contribution in [1.82, 2.24) is 5.32 Å². The lowest BCUT2D eigenvalue weighted by Gasteiger charge is -2.16. The molecule has 1 rings (SSSR count). The van der Waals surface area contributed by atoms with E-state index in [0.717, 1.165) is 19.5 Å². The fraction of sp³-hybridized carbons (Fsp3) is 0.857. The van der Waals surface area contributed by atoms with E-state index in [1.54, 1.807) is 7.11 Å². The van der Waals surface area contributed by atoms with Crippen LogP contribution in [-0.2, 0) is 4.74 Å². The van der Waals surface area contributed by atoms with Crippen LogP contribution in [0.4, 0.5) is 0 Å². The Labute approximate surface area is 73.1 Å². The quantitative estimate of drug-likeness (QED) is 0.669. The van der Waals surface area contributed by atoms with Crippen LogP contribution in [0.5, 0.6) is 0 Å². The highest BCUT2D eigenvalue weighted by Crippen LogP contribution is 2.23. The summed E-state index contributed by atoms with van der Waals surface area (Å²) in [6.45, 7) is 2.27. The monoisotopic (exact) mass is 176 g/mol. The first-order valence-electron chi connectivity index (χ1n) is 3.44. The number of rotatable bonds is 2. The van der Waals surface area contributed by atoms with Crippen LogP contribution in [0.2, 0.25) is 0 Å². The second kappa shape index (κ2) is 4.55. The maximum Gasteiger partial charge on any atom is 0.0942 e. The lowest BCUT2D eigenvalue weighted by molar-refractivity contribution is 0.127. The van der Waals surface area contributed by atoms with Gasteiger partial charge >= 0.3 is 0 Å². The molecule has 1 fully saturated rings. The second-order valence-corrected chi connectivity index (χ2v) is 2.75. The highest BCUT2D eigenvalue weighted by Gasteiger charge is 2.33. The SMILES string of the molecule is COCC1(C#N)CCNC1.Cl. The van der Waals surface area contributed by atoms with Crippen LogP contribution in [-0.4, -0.2) is 26.8 Å². The molecule has 0 amide bonds. The molecule has 1 saturated heterocycles. The van der Waals surface area contributed by atoms with Gasteiger partial charge in [-0.25, -0.2) is 0 Å². The molecule has 1 N–H and O–H groups in total. The second-order valence-electron chi connectivity index (χ2n) is 2.75. The van der Waals surface area contributed by atoms with Crippen molar-refractivity contribution < 1.29 is 4.74 Å². The van der Waals surface area contributed by atoms with Crippen molar-refractivity contribution in [2.75, 3.05) is 26.8 Å². The lowest BCUT2D eigenvalue weighted by Crippen LogP contribution is -2.27. The normalized spacial score (nSPS) is 29.1. The average Bonchev–Trinajstić information content (AvgIpc) is 2.39. The van der Waals surface area contributed by atoms with Gasteiger partial charge in [0.25, 0.3) is 0 Å². The number of nitrogens with zero attached hydrogens (tertiary/aromatic N) is 1. The Morgan fingerprint density at radius 3 is 2.82 bits per heavy atom. The number of halogens is 1. The number of hydrogen-bond donors (Lipinski definition) is 1. The predicted octanol–water partition coefficient (Wildman–Crippen LogP) is 0.558. The van der Waals surface area contributed by atoms with Crippen LogP contribution in [0, 0.1) is 16.7 Å². The summed E-state index contributed by atoms with van der Waals surface area (Å²) in [5, 5.41) is 11.9. The molecule has 0 radical (unpaired) electrons. The number of nitriles is 1. The third-order valence-corrected chi connectivity index (χ3v) is 1.90. The van der Waals surface area contributed by atoms with E-state index in [1.807, 2.05) is 0 Å². The van der Waals surface area contributed by atoms with Gasteiger partial charge in [-0.05, 0) is 13.0 Å². The summed E-state index contributed by atoms with van der Waals surface area (Å²) in [4.78, 5) is 0. The van der Waals surface area contributed by atoms with Gasteiger partial charge in [0.1, 0.15) is 0 Å². The van der Waals surface area contributed by atoms with Gasteiger partial charge in [0.15, 0.2) is 0 Å². The van der Waals surface area contributed by atoms with Gasteiger partial charge in [0, 0.05) is 13.7 Å². The zero-order valence-corrected chi connectivity index (χ0v) is 7.41. The van der Waals surface area contributed by atoms with E-state index in [2.05, 4.69) is 11.4 Å². The van der Waals surface area contributed by atoms with Gasteiger partial charge in [-0.2, -0.15) is 5.26 Å². The van der Waals surface area contributed by atoms with E-state index in [1.165, 1.54) is 0 Å². The van der Waals surface area contributed by atoms with Crippen LogP contribution in [0.3, 0.4) is 0 Å². The number of methoxy groups -OCH3 is 1. The van der Waals surface area contributed by atoms with Crippen LogP contribution in [0.15, 0.2) is 0 Å². The summed E-state index contributed by atoms with van der Waals surface area (Å²) in [6.07, 6.45) is 0.914. The molecule has 1 unspecified atom stereocenters. The molecule has 1 aliphatic heterocycles.